The van der Waals surface area contributed by atoms with Crippen molar-refractivity contribution in [3.63, 3.8) is 0 Å². The van der Waals surface area contributed by atoms with E-state index in [2.05, 4.69) is 9.97 Å². The molecule has 0 spiro atoms. The fourth-order valence-electron chi connectivity index (χ4n) is 1.37. The van der Waals surface area contributed by atoms with Crippen molar-refractivity contribution in [1.29, 1.82) is 0 Å². The molecular formula is C12H13N3O2. The van der Waals surface area contributed by atoms with Crippen LogP contribution in [0, 0.1) is 6.92 Å². The molecule has 0 aliphatic heterocycles. The van der Waals surface area contributed by atoms with Crippen molar-refractivity contribution in [2.24, 2.45) is 0 Å². The van der Waals surface area contributed by atoms with Crippen LogP contribution in [0.2, 0.25) is 0 Å². The number of rotatable bonds is 3. The van der Waals surface area contributed by atoms with E-state index in [1.165, 1.54) is 0 Å². The number of benzene rings is 1. The third kappa shape index (κ3) is 2.44. The van der Waals surface area contributed by atoms with E-state index in [1.54, 1.807) is 37.7 Å². The summed E-state index contributed by atoms with van der Waals surface area (Å²) in [4.78, 5) is 8.19. The number of anilines is 1. The fraction of sp³-hybridized carbons (Fsp3) is 0.167. The average molecular weight is 231 g/mol. The van der Waals surface area contributed by atoms with E-state index in [-0.39, 0.29) is 0 Å². The molecule has 0 bridgehead atoms. The van der Waals surface area contributed by atoms with Gasteiger partial charge in [0, 0.05) is 24.1 Å². The zero-order valence-corrected chi connectivity index (χ0v) is 9.68. The summed E-state index contributed by atoms with van der Waals surface area (Å²) in [6, 6.07) is 5.18. The van der Waals surface area contributed by atoms with Crippen LogP contribution in [-0.4, -0.2) is 17.1 Å². The Balaban J connectivity index is 2.35. The monoisotopic (exact) mass is 231 g/mol. The first kappa shape index (κ1) is 11.2. The highest BCUT2D eigenvalue weighted by atomic mass is 16.5. The minimum Gasteiger partial charge on any atom is -0.493 e. The smallest absolute Gasteiger partial charge is 0.241 e. The molecule has 88 valence electrons. The van der Waals surface area contributed by atoms with Crippen LogP contribution in [0.15, 0.2) is 30.6 Å². The number of hydrogen-bond acceptors (Lipinski definition) is 5. The van der Waals surface area contributed by atoms with E-state index in [1.807, 2.05) is 6.92 Å². The van der Waals surface area contributed by atoms with Crippen LogP contribution in [-0.2, 0) is 0 Å². The molecule has 0 atom stereocenters. The molecule has 2 aromatic rings. The van der Waals surface area contributed by atoms with Crippen LogP contribution < -0.4 is 15.2 Å². The van der Waals surface area contributed by atoms with Gasteiger partial charge in [-0.15, -0.1) is 0 Å². The molecular weight excluding hydrogens is 218 g/mol. The number of aromatic nitrogens is 2. The number of nitrogens with two attached hydrogens (primary N) is 1. The summed E-state index contributed by atoms with van der Waals surface area (Å²) in [6.45, 7) is 1.82. The van der Waals surface area contributed by atoms with Gasteiger partial charge in [0.15, 0.2) is 11.5 Å². The molecule has 2 rings (SSSR count). The fourth-order valence-corrected chi connectivity index (χ4v) is 1.37. The Morgan fingerprint density at radius 2 is 1.88 bits per heavy atom. The number of hydrogen-bond donors (Lipinski definition) is 1. The highest BCUT2D eigenvalue weighted by Gasteiger charge is 2.09. The molecule has 0 saturated carbocycles. The molecule has 2 N–H and O–H groups in total. The van der Waals surface area contributed by atoms with Gasteiger partial charge in [-0.05, 0) is 19.1 Å². The van der Waals surface area contributed by atoms with E-state index < -0.39 is 0 Å². The second-order valence-electron chi connectivity index (χ2n) is 3.46. The predicted molar refractivity (Wildman–Crippen MR) is 64.2 cm³/mol. The summed E-state index contributed by atoms with van der Waals surface area (Å²) in [5.74, 6) is 1.57. The first-order valence-corrected chi connectivity index (χ1v) is 5.09. The van der Waals surface area contributed by atoms with Crippen LogP contribution in [0.3, 0.4) is 0 Å². The normalized spacial score (nSPS) is 10.0. The Bertz CT molecular complexity index is 529. The summed E-state index contributed by atoms with van der Waals surface area (Å²) < 4.78 is 10.8. The predicted octanol–water partition coefficient (Wildman–Crippen LogP) is 2.17. The summed E-state index contributed by atoms with van der Waals surface area (Å²) >= 11 is 0. The summed E-state index contributed by atoms with van der Waals surface area (Å²) in [5.41, 5.74) is 7.01. The number of nitrogen functional groups attached to an aromatic ring is 1. The maximum Gasteiger partial charge on any atom is 0.241 e. The molecule has 0 aliphatic rings. The Morgan fingerprint density at radius 3 is 2.59 bits per heavy atom. The van der Waals surface area contributed by atoms with Crippen molar-refractivity contribution in [1.82, 2.24) is 9.97 Å². The number of nitrogens with zero attached hydrogens (tertiary/aromatic N) is 2. The van der Waals surface area contributed by atoms with Crippen LogP contribution in [0.25, 0.3) is 0 Å². The zero-order valence-electron chi connectivity index (χ0n) is 9.68. The maximum absolute atomic E-state index is 5.70. The van der Waals surface area contributed by atoms with E-state index in [4.69, 9.17) is 15.2 Å². The molecule has 0 unspecified atom stereocenters. The SMILES string of the molecule is COc1ccc(N)cc1Oc1nccnc1C. The third-order valence-electron chi connectivity index (χ3n) is 2.23. The van der Waals surface area contributed by atoms with Gasteiger partial charge in [0.1, 0.15) is 0 Å². The van der Waals surface area contributed by atoms with E-state index in [0.717, 1.165) is 0 Å². The number of ether oxygens (including phenoxy) is 2. The molecule has 1 heterocycles. The second kappa shape index (κ2) is 4.69. The quantitative estimate of drug-likeness (QED) is 0.820. The lowest BCUT2D eigenvalue weighted by atomic mass is 10.3. The first-order chi connectivity index (χ1) is 8.20. The molecule has 0 aliphatic carbocycles. The molecule has 1 aromatic carbocycles. The van der Waals surface area contributed by atoms with Gasteiger partial charge in [0.25, 0.3) is 0 Å². The number of aryl methyl sites for hydroxylation is 1. The van der Waals surface area contributed by atoms with E-state index in [9.17, 15) is 0 Å². The standard InChI is InChI=1S/C12H13N3O2/c1-8-12(15-6-5-14-8)17-11-7-9(13)3-4-10(11)16-2/h3-7H,13H2,1-2H3. The van der Waals surface area contributed by atoms with Gasteiger partial charge in [-0.1, -0.05) is 0 Å². The topological polar surface area (TPSA) is 70.3 Å². The van der Waals surface area contributed by atoms with Gasteiger partial charge in [0.2, 0.25) is 5.88 Å². The highest BCUT2D eigenvalue weighted by molar-refractivity contribution is 5.53. The molecule has 17 heavy (non-hydrogen) atoms. The second-order valence-corrected chi connectivity index (χ2v) is 3.46. The van der Waals surface area contributed by atoms with Crippen molar-refractivity contribution in [3.8, 4) is 17.4 Å². The Morgan fingerprint density at radius 1 is 1.12 bits per heavy atom. The van der Waals surface area contributed by atoms with Crippen LogP contribution in [0.5, 0.6) is 17.4 Å². The molecule has 0 radical (unpaired) electrons. The van der Waals surface area contributed by atoms with Gasteiger partial charge < -0.3 is 15.2 Å². The van der Waals surface area contributed by atoms with Crippen LogP contribution in [0.1, 0.15) is 5.69 Å². The molecule has 0 amide bonds. The minimum absolute atomic E-state index is 0.441. The van der Waals surface area contributed by atoms with Crippen molar-refractivity contribution >= 4 is 5.69 Å². The van der Waals surface area contributed by atoms with Crippen molar-refractivity contribution in [3.05, 3.63) is 36.3 Å². The Labute approximate surface area is 99.2 Å². The molecule has 0 fully saturated rings. The lowest BCUT2D eigenvalue weighted by Gasteiger charge is -2.10. The van der Waals surface area contributed by atoms with Gasteiger partial charge in [0.05, 0.1) is 12.8 Å². The molecule has 1 aromatic heterocycles. The minimum atomic E-state index is 0.441. The van der Waals surface area contributed by atoms with Crippen molar-refractivity contribution in [2.75, 3.05) is 12.8 Å². The summed E-state index contributed by atoms with van der Waals surface area (Å²) in [6.07, 6.45) is 3.18. The maximum atomic E-state index is 5.70. The largest absolute Gasteiger partial charge is 0.493 e. The number of methoxy groups -OCH3 is 1. The van der Waals surface area contributed by atoms with E-state index in [0.29, 0.717) is 28.8 Å². The van der Waals surface area contributed by atoms with Gasteiger partial charge in [-0.2, -0.15) is 0 Å². The summed E-state index contributed by atoms with van der Waals surface area (Å²) in [7, 11) is 1.57. The van der Waals surface area contributed by atoms with Crippen LogP contribution in [0.4, 0.5) is 5.69 Å². The van der Waals surface area contributed by atoms with Crippen molar-refractivity contribution < 1.29 is 9.47 Å². The molecule has 5 heteroatoms. The lowest BCUT2D eigenvalue weighted by Crippen LogP contribution is -1.96. The molecule has 0 saturated heterocycles. The molecule has 5 nitrogen and oxygen atoms in total. The van der Waals surface area contributed by atoms with Gasteiger partial charge >= 0.3 is 0 Å². The Kier molecular flexibility index (Phi) is 3.09. The van der Waals surface area contributed by atoms with Crippen molar-refractivity contribution in [2.45, 2.75) is 6.92 Å². The highest BCUT2D eigenvalue weighted by Crippen LogP contribution is 2.32. The average Bonchev–Trinajstić information content (AvgIpc) is 2.32. The summed E-state index contributed by atoms with van der Waals surface area (Å²) in [5, 5.41) is 0. The Hall–Kier alpha value is -2.30. The van der Waals surface area contributed by atoms with Gasteiger partial charge in [-0.3, -0.25) is 4.98 Å². The lowest BCUT2D eigenvalue weighted by molar-refractivity contribution is 0.372. The zero-order chi connectivity index (χ0) is 12.3. The van der Waals surface area contributed by atoms with Crippen LogP contribution >= 0.6 is 0 Å². The van der Waals surface area contributed by atoms with Gasteiger partial charge in [-0.25, -0.2) is 4.98 Å². The third-order valence-corrected chi connectivity index (χ3v) is 2.23. The first-order valence-electron chi connectivity index (χ1n) is 5.09. The van der Waals surface area contributed by atoms with E-state index >= 15 is 0 Å².